The van der Waals surface area contributed by atoms with E-state index in [-0.39, 0.29) is 5.97 Å². The molecule has 1 heterocycles. The van der Waals surface area contributed by atoms with Gasteiger partial charge in [0.1, 0.15) is 5.75 Å². The van der Waals surface area contributed by atoms with Crippen LogP contribution >= 0.6 is 0 Å². The van der Waals surface area contributed by atoms with Crippen LogP contribution in [0.1, 0.15) is 34.6 Å². The van der Waals surface area contributed by atoms with E-state index in [0.29, 0.717) is 24.3 Å². The van der Waals surface area contributed by atoms with Crippen LogP contribution in [0.25, 0.3) is 10.9 Å². The molecule has 0 saturated carbocycles. The van der Waals surface area contributed by atoms with E-state index in [1.54, 1.807) is 14.0 Å². The van der Waals surface area contributed by atoms with Gasteiger partial charge in [-0.05, 0) is 30.7 Å². The predicted molar refractivity (Wildman–Crippen MR) is 101 cm³/mol. The van der Waals surface area contributed by atoms with Crippen molar-refractivity contribution in [2.45, 2.75) is 19.4 Å². The maximum Gasteiger partial charge on any atom is 0.340 e. The molecule has 26 heavy (non-hydrogen) atoms. The normalized spacial score (nSPS) is 12.2. The van der Waals surface area contributed by atoms with E-state index in [0.717, 1.165) is 22.2 Å². The first-order chi connectivity index (χ1) is 12.6. The molecule has 0 aliphatic carbocycles. The highest BCUT2D eigenvalue weighted by Gasteiger charge is 2.24. The van der Waals surface area contributed by atoms with Gasteiger partial charge in [-0.15, -0.1) is 0 Å². The molecule has 5 heteroatoms. The number of carbonyl (C=O) groups is 1. The summed E-state index contributed by atoms with van der Waals surface area (Å²) in [6.07, 6.45) is -0.402. The van der Waals surface area contributed by atoms with Gasteiger partial charge >= 0.3 is 5.97 Å². The molecule has 1 N–H and O–H groups in total. The Labute approximate surface area is 152 Å². The minimum Gasteiger partial charge on any atom is -0.497 e. The van der Waals surface area contributed by atoms with Crippen LogP contribution < -0.4 is 4.74 Å². The van der Waals surface area contributed by atoms with Crippen LogP contribution in [0.4, 0.5) is 0 Å². The Kier molecular flexibility index (Phi) is 5.28. The smallest absolute Gasteiger partial charge is 0.340 e. The van der Waals surface area contributed by atoms with Crippen LogP contribution in [0.15, 0.2) is 48.5 Å². The molecule has 0 spiro atoms. The first-order valence-electron chi connectivity index (χ1n) is 8.62. The highest BCUT2D eigenvalue weighted by atomic mass is 16.5. The lowest BCUT2D eigenvalue weighted by Crippen LogP contribution is -2.12. The molecular weight excluding hydrogens is 330 g/mol. The third-order valence-corrected chi connectivity index (χ3v) is 4.58. The summed E-state index contributed by atoms with van der Waals surface area (Å²) in [5.41, 5.74) is 2.93. The van der Waals surface area contributed by atoms with Crippen LogP contribution in [0.5, 0.6) is 5.75 Å². The number of aliphatic hydroxyl groups is 1. The number of hydrogen-bond donors (Lipinski definition) is 1. The van der Waals surface area contributed by atoms with Gasteiger partial charge in [-0.3, -0.25) is 0 Å². The van der Waals surface area contributed by atoms with Crippen molar-refractivity contribution in [3.8, 4) is 5.75 Å². The van der Waals surface area contributed by atoms with Gasteiger partial charge in [0.25, 0.3) is 0 Å². The van der Waals surface area contributed by atoms with E-state index in [9.17, 15) is 9.90 Å². The maximum absolute atomic E-state index is 12.7. The first-order valence-corrected chi connectivity index (χ1v) is 8.62. The quantitative estimate of drug-likeness (QED) is 0.687. The fourth-order valence-electron chi connectivity index (χ4n) is 3.25. The Morgan fingerprint density at radius 1 is 1.19 bits per heavy atom. The molecule has 0 radical (unpaired) electrons. The number of aliphatic hydroxyl groups excluding tert-OH is 1. The SMILES string of the molecule is CCOC(=O)c1c(CC(O)c2ccccc2)n(C)c2ccc(OC)cc12. The summed E-state index contributed by atoms with van der Waals surface area (Å²) in [4.78, 5) is 12.7. The summed E-state index contributed by atoms with van der Waals surface area (Å²) in [5.74, 6) is 0.283. The molecule has 0 amide bonds. The van der Waals surface area contributed by atoms with E-state index < -0.39 is 6.10 Å². The zero-order valence-corrected chi connectivity index (χ0v) is 15.2. The van der Waals surface area contributed by atoms with Crippen LogP contribution in [0.2, 0.25) is 0 Å². The second kappa shape index (κ2) is 7.62. The van der Waals surface area contributed by atoms with Crippen molar-refractivity contribution < 1.29 is 19.4 Å². The standard InChI is InChI=1S/C21H23NO4/c1-4-26-21(24)20-16-12-15(25-3)10-11-17(16)22(2)18(20)13-19(23)14-8-6-5-7-9-14/h5-12,19,23H,4,13H2,1-3H3. The molecule has 1 atom stereocenters. The largest absolute Gasteiger partial charge is 0.497 e. The topological polar surface area (TPSA) is 60.7 Å². The van der Waals surface area contributed by atoms with Crippen molar-refractivity contribution in [3.63, 3.8) is 0 Å². The van der Waals surface area contributed by atoms with Gasteiger partial charge < -0.3 is 19.1 Å². The Morgan fingerprint density at radius 2 is 1.92 bits per heavy atom. The monoisotopic (exact) mass is 353 g/mol. The Hall–Kier alpha value is -2.79. The van der Waals surface area contributed by atoms with Crippen molar-refractivity contribution in [3.05, 3.63) is 65.4 Å². The Balaban J connectivity index is 2.12. The van der Waals surface area contributed by atoms with E-state index in [1.807, 2.05) is 60.1 Å². The highest BCUT2D eigenvalue weighted by molar-refractivity contribution is 6.06. The van der Waals surface area contributed by atoms with Gasteiger partial charge in [0.05, 0.1) is 25.4 Å². The van der Waals surface area contributed by atoms with Crippen molar-refractivity contribution in [2.75, 3.05) is 13.7 Å². The number of ether oxygens (including phenoxy) is 2. The zero-order valence-electron chi connectivity index (χ0n) is 15.2. The Morgan fingerprint density at radius 3 is 2.58 bits per heavy atom. The van der Waals surface area contributed by atoms with E-state index in [1.165, 1.54) is 0 Å². The molecule has 0 bridgehead atoms. The number of fused-ring (bicyclic) bond motifs is 1. The molecule has 2 aromatic carbocycles. The van der Waals surface area contributed by atoms with Gasteiger partial charge in [0, 0.05) is 30.1 Å². The number of nitrogens with zero attached hydrogens (tertiary/aromatic N) is 1. The number of hydrogen-bond acceptors (Lipinski definition) is 4. The van der Waals surface area contributed by atoms with E-state index in [2.05, 4.69) is 0 Å². The summed E-state index contributed by atoms with van der Waals surface area (Å²) < 4.78 is 12.5. The molecule has 3 rings (SSSR count). The highest BCUT2D eigenvalue weighted by Crippen LogP contribution is 2.32. The summed E-state index contributed by atoms with van der Waals surface area (Å²) in [7, 11) is 3.48. The number of aryl methyl sites for hydroxylation is 1. The fraction of sp³-hybridized carbons (Fsp3) is 0.286. The third kappa shape index (κ3) is 3.30. The molecule has 3 aromatic rings. The number of aromatic nitrogens is 1. The third-order valence-electron chi connectivity index (χ3n) is 4.58. The minimum atomic E-state index is -0.714. The van der Waals surface area contributed by atoms with Crippen molar-refractivity contribution in [1.29, 1.82) is 0 Å². The van der Waals surface area contributed by atoms with E-state index in [4.69, 9.17) is 9.47 Å². The molecule has 1 unspecified atom stereocenters. The number of benzene rings is 2. The number of methoxy groups -OCH3 is 1. The summed E-state index contributed by atoms with van der Waals surface area (Å²) in [5, 5.41) is 11.4. The second-order valence-corrected chi connectivity index (χ2v) is 6.11. The molecular formula is C21H23NO4. The molecule has 0 fully saturated rings. The van der Waals surface area contributed by atoms with Gasteiger partial charge in [-0.1, -0.05) is 30.3 Å². The van der Waals surface area contributed by atoms with Crippen LogP contribution in [0, 0.1) is 0 Å². The lowest BCUT2D eigenvalue weighted by molar-refractivity contribution is 0.0526. The van der Waals surface area contributed by atoms with Gasteiger partial charge in [0.15, 0.2) is 0 Å². The van der Waals surface area contributed by atoms with Crippen molar-refractivity contribution in [2.24, 2.45) is 7.05 Å². The van der Waals surface area contributed by atoms with Crippen molar-refractivity contribution >= 4 is 16.9 Å². The van der Waals surface area contributed by atoms with Gasteiger partial charge in [-0.25, -0.2) is 4.79 Å². The molecule has 136 valence electrons. The number of carbonyl (C=O) groups excluding carboxylic acids is 1. The Bertz CT molecular complexity index is 915. The summed E-state index contributed by atoms with van der Waals surface area (Å²) in [6.45, 7) is 2.07. The molecule has 5 nitrogen and oxygen atoms in total. The number of rotatable bonds is 6. The molecule has 0 saturated heterocycles. The first kappa shape index (κ1) is 18.0. The summed E-state index contributed by atoms with van der Waals surface area (Å²) >= 11 is 0. The second-order valence-electron chi connectivity index (χ2n) is 6.11. The minimum absolute atomic E-state index is 0.292. The predicted octanol–water partition coefficient (Wildman–Crippen LogP) is 3.64. The van der Waals surface area contributed by atoms with Gasteiger partial charge in [-0.2, -0.15) is 0 Å². The molecule has 0 aliphatic rings. The lowest BCUT2D eigenvalue weighted by Gasteiger charge is -2.13. The van der Waals surface area contributed by atoms with Crippen LogP contribution in [-0.2, 0) is 18.2 Å². The average Bonchev–Trinajstić information content (AvgIpc) is 2.94. The average molecular weight is 353 g/mol. The summed E-state index contributed by atoms with van der Waals surface area (Å²) in [6, 6.07) is 15.0. The lowest BCUT2D eigenvalue weighted by atomic mass is 10.0. The zero-order chi connectivity index (χ0) is 18.7. The van der Waals surface area contributed by atoms with Crippen LogP contribution in [-0.4, -0.2) is 29.4 Å². The van der Waals surface area contributed by atoms with Crippen LogP contribution in [0.3, 0.4) is 0 Å². The van der Waals surface area contributed by atoms with E-state index >= 15 is 0 Å². The van der Waals surface area contributed by atoms with Gasteiger partial charge in [0.2, 0.25) is 0 Å². The number of esters is 1. The molecule has 1 aromatic heterocycles. The fourth-order valence-corrected chi connectivity index (χ4v) is 3.25. The maximum atomic E-state index is 12.7. The molecule has 0 aliphatic heterocycles. The van der Waals surface area contributed by atoms with Crippen molar-refractivity contribution in [1.82, 2.24) is 4.57 Å².